The van der Waals surface area contributed by atoms with Crippen LogP contribution in [-0.4, -0.2) is 31.2 Å². The summed E-state index contributed by atoms with van der Waals surface area (Å²) < 4.78 is 27.9. The van der Waals surface area contributed by atoms with Crippen molar-refractivity contribution < 1.29 is 17.9 Å². The maximum atomic E-state index is 11.8. The molecular weight excluding hydrogens is 292 g/mol. The normalized spacial score (nSPS) is 11.5. The van der Waals surface area contributed by atoms with Crippen LogP contribution in [0.3, 0.4) is 0 Å². The van der Waals surface area contributed by atoms with Crippen LogP contribution in [0.15, 0.2) is 4.90 Å². The number of halogens is 1. The van der Waals surface area contributed by atoms with Gasteiger partial charge in [-0.1, -0.05) is 26.7 Å². The number of hydrogen-bond acceptors (Lipinski definition) is 5. The van der Waals surface area contributed by atoms with Crippen LogP contribution in [0.5, 0.6) is 0 Å². The molecule has 0 aliphatic rings. The van der Waals surface area contributed by atoms with Crippen LogP contribution in [-0.2, 0) is 20.2 Å². The highest BCUT2D eigenvalue weighted by Crippen LogP contribution is 2.23. The van der Waals surface area contributed by atoms with Gasteiger partial charge in [-0.05, 0) is 12.8 Å². The molecule has 1 heterocycles. The molecule has 19 heavy (non-hydrogen) atoms. The zero-order valence-corrected chi connectivity index (χ0v) is 12.5. The van der Waals surface area contributed by atoms with Crippen molar-refractivity contribution in [2.45, 2.75) is 44.4 Å². The molecular formula is C11H17ClN2O4S. The van der Waals surface area contributed by atoms with Crippen LogP contribution in [0, 0.1) is 0 Å². The molecule has 0 atom stereocenters. The lowest BCUT2D eigenvalue weighted by molar-refractivity contribution is 0.0486. The minimum absolute atomic E-state index is 0.239. The molecule has 0 radical (unpaired) electrons. The van der Waals surface area contributed by atoms with Crippen LogP contribution in [0.2, 0.25) is 0 Å². The predicted octanol–water partition coefficient (Wildman–Crippen LogP) is 2.25. The second kappa shape index (κ2) is 6.91. The quantitative estimate of drug-likeness (QED) is 0.474. The van der Waals surface area contributed by atoms with Gasteiger partial charge < -0.3 is 4.74 Å². The monoisotopic (exact) mass is 308 g/mol. The van der Waals surface area contributed by atoms with Crippen LogP contribution < -0.4 is 0 Å². The van der Waals surface area contributed by atoms with Crippen LogP contribution in [0.25, 0.3) is 0 Å². The first-order valence-electron chi connectivity index (χ1n) is 6.10. The molecule has 6 nitrogen and oxygen atoms in total. The molecule has 0 aromatic carbocycles. The van der Waals surface area contributed by atoms with Crippen molar-refractivity contribution in [2.75, 3.05) is 6.61 Å². The van der Waals surface area contributed by atoms with Crippen molar-refractivity contribution in [1.82, 2.24) is 10.2 Å². The molecule has 0 aliphatic heterocycles. The van der Waals surface area contributed by atoms with Crippen molar-refractivity contribution >= 4 is 25.7 Å². The molecule has 0 amide bonds. The first-order chi connectivity index (χ1) is 8.91. The summed E-state index contributed by atoms with van der Waals surface area (Å²) in [6.07, 6.45) is 3.05. The molecule has 1 aromatic heterocycles. The summed E-state index contributed by atoms with van der Waals surface area (Å²) in [5, 5.41) is 6.19. The molecule has 0 saturated heterocycles. The van der Waals surface area contributed by atoms with Crippen molar-refractivity contribution in [3.8, 4) is 0 Å². The standard InChI is InChI=1S/C11H17ClN2O4S/c1-3-5-6-7-18-11(15)9-10(19(12,16)17)8(4-2)13-14-9/h3-7H2,1-2H3,(H,13,14). The molecule has 1 N–H and O–H groups in total. The third-order valence-corrected chi connectivity index (χ3v) is 3.95. The van der Waals surface area contributed by atoms with E-state index >= 15 is 0 Å². The van der Waals surface area contributed by atoms with Gasteiger partial charge in [-0.25, -0.2) is 13.2 Å². The van der Waals surface area contributed by atoms with Gasteiger partial charge in [0.2, 0.25) is 0 Å². The SMILES string of the molecule is CCCCCOC(=O)c1n[nH]c(CC)c1S(=O)(=O)Cl. The Kier molecular flexibility index (Phi) is 5.81. The zero-order chi connectivity index (χ0) is 14.5. The van der Waals surface area contributed by atoms with E-state index in [1.54, 1.807) is 6.92 Å². The van der Waals surface area contributed by atoms with E-state index in [9.17, 15) is 13.2 Å². The van der Waals surface area contributed by atoms with E-state index in [4.69, 9.17) is 15.4 Å². The van der Waals surface area contributed by atoms with E-state index in [0.717, 1.165) is 19.3 Å². The number of nitrogens with zero attached hydrogens (tertiary/aromatic N) is 1. The fourth-order valence-corrected chi connectivity index (χ4v) is 2.94. The van der Waals surface area contributed by atoms with Gasteiger partial charge in [0, 0.05) is 10.7 Å². The fourth-order valence-electron chi connectivity index (χ4n) is 1.59. The summed E-state index contributed by atoms with van der Waals surface area (Å²) >= 11 is 0. The smallest absolute Gasteiger partial charge is 0.360 e. The van der Waals surface area contributed by atoms with Crippen molar-refractivity contribution in [3.05, 3.63) is 11.4 Å². The number of esters is 1. The first-order valence-corrected chi connectivity index (χ1v) is 8.41. The molecule has 0 aliphatic carbocycles. The molecule has 1 rings (SSSR count). The summed E-state index contributed by atoms with van der Waals surface area (Å²) in [4.78, 5) is 11.5. The number of nitrogens with one attached hydrogen (secondary N) is 1. The molecule has 0 unspecified atom stereocenters. The highest BCUT2D eigenvalue weighted by molar-refractivity contribution is 8.13. The number of ether oxygens (including phenoxy) is 1. The molecule has 0 saturated carbocycles. The van der Waals surface area contributed by atoms with Gasteiger partial charge in [0.05, 0.1) is 12.3 Å². The fraction of sp³-hybridized carbons (Fsp3) is 0.636. The molecule has 1 aromatic rings. The summed E-state index contributed by atoms with van der Waals surface area (Å²) in [7, 11) is 1.29. The second-order valence-corrected chi connectivity index (χ2v) is 6.52. The number of aryl methyl sites for hydroxylation is 1. The van der Waals surface area contributed by atoms with Gasteiger partial charge in [0.25, 0.3) is 9.05 Å². The Morgan fingerprint density at radius 1 is 1.37 bits per heavy atom. The van der Waals surface area contributed by atoms with Crippen LogP contribution >= 0.6 is 10.7 Å². The minimum Gasteiger partial charge on any atom is -0.461 e. The third-order valence-electron chi connectivity index (χ3n) is 2.56. The Balaban J connectivity index is 2.89. The maximum Gasteiger partial charge on any atom is 0.360 e. The second-order valence-electron chi connectivity index (χ2n) is 4.01. The number of aromatic nitrogens is 2. The van der Waals surface area contributed by atoms with E-state index < -0.39 is 15.0 Å². The van der Waals surface area contributed by atoms with Crippen molar-refractivity contribution in [1.29, 1.82) is 0 Å². The first kappa shape index (κ1) is 16.0. The largest absolute Gasteiger partial charge is 0.461 e. The number of aromatic amines is 1. The summed E-state index contributed by atoms with van der Waals surface area (Å²) in [6, 6.07) is 0. The summed E-state index contributed by atoms with van der Waals surface area (Å²) in [6.45, 7) is 4.00. The van der Waals surface area contributed by atoms with E-state index in [1.807, 2.05) is 6.92 Å². The van der Waals surface area contributed by atoms with E-state index in [2.05, 4.69) is 10.2 Å². The molecule has 108 valence electrons. The predicted molar refractivity (Wildman–Crippen MR) is 70.8 cm³/mol. The highest BCUT2D eigenvalue weighted by Gasteiger charge is 2.28. The Morgan fingerprint density at radius 3 is 2.58 bits per heavy atom. The molecule has 0 spiro atoms. The Morgan fingerprint density at radius 2 is 2.05 bits per heavy atom. The van der Waals surface area contributed by atoms with Crippen LogP contribution in [0.4, 0.5) is 0 Å². The number of rotatable bonds is 7. The van der Waals surface area contributed by atoms with Crippen molar-refractivity contribution in [2.24, 2.45) is 0 Å². The van der Waals surface area contributed by atoms with Gasteiger partial charge in [-0.2, -0.15) is 5.10 Å². The molecule has 0 bridgehead atoms. The molecule has 8 heteroatoms. The number of unbranched alkanes of at least 4 members (excludes halogenated alkanes) is 2. The van der Waals surface area contributed by atoms with E-state index in [-0.39, 0.29) is 17.2 Å². The average Bonchev–Trinajstić information content (AvgIpc) is 2.78. The minimum atomic E-state index is -4.04. The lowest BCUT2D eigenvalue weighted by Gasteiger charge is -2.03. The summed E-state index contributed by atoms with van der Waals surface area (Å²) in [5.74, 6) is -0.772. The van der Waals surface area contributed by atoms with Crippen molar-refractivity contribution in [3.63, 3.8) is 0 Å². The Hall–Kier alpha value is -1.08. The van der Waals surface area contributed by atoms with Gasteiger partial charge in [0.15, 0.2) is 5.69 Å². The van der Waals surface area contributed by atoms with Gasteiger partial charge in [-0.15, -0.1) is 0 Å². The third kappa shape index (κ3) is 4.21. The van der Waals surface area contributed by atoms with Gasteiger partial charge >= 0.3 is 5.97 Å². The zero-order valence-electron chi connectivity index (χ0n) is 10.9. The number of H-pyrrole nitrogens is 1. The highest BCUT2D eigenvalue weighted by atomic mass is 35.7. The van der Waals surface area contributed by atoms with Crippen LogP contribution in [0.1, 0.15) is 49.3 Å². The number of carbonyl (C=O) groups excluding carboxylic acids is 1. The van der Waals surface area contributed by atoms with E-state index in [0.29, 0.717) is 12.1 Å². The number of hydrogen-bond donors (Lipinski definition) is 1. The average molecular weight is 309 g/mol. The van der Waals surface area contributed by atoms with E-state index in [1.165, 1.54) is 0 Å². The summed E-state index contributed by atoms with van der Waals surface area (Å²) in [5.41, 5.74) is 0.0267. The number of carbonyl (C=O) groups is 1. The Labute approximate surface area is 116 Å². The maximum absolute atomic E-state index is 11.8. The topological polar surface area (TPSA) is 89.1 Å². The van der Waals surface area contributed by atoms with Gasteiger partial charge in [0.1, 0.15) is 4.90 Å². The lowest BCUT2D eigenvalue weighted by atomic mass is 10.3. The Bertz CT molecular complexity index is 539. The lowest BCUT2D eigenvalue weighted by Crippen LogP contribution is -2.11. The molecule has 0 fully saturated rings. The van der Waals surface area contributed by atoms with Gasteiger partial charge in [-0.3, -0.25) is 5.10 Å².